The number of fused-ring (bicyclic) bond motifs is 1. The van der Waals surface area contributed by atoms with E-state index >= 15 is 0 Å². The molecule has 6 heteroatoms. The molecule has 0 fully saturated rings. The molecule has 0 atom stereocenters. The Hall–Kier alpha value is -2.09. The molecule has 0 N–H and O–H groups in total. The Labute approximate surface area is 154 Å². The number of benzene rings is 1. The van der Waals surface area contributed by atoms with Crippen LogP contribution in [0.25, 0.3) is 5.69 Å². The molecule has 1 aromatic carbocycles. The Morgan fingerprint density at radius 1 is 1.25 bits per heavy atom. The van der Waals surface area contributed by atoms with Crippen molar-refractivity contribution in [3.05, 3.63) is 57.6 Å². The fourth-order valence-electron chi connectivity index (χ4n) is 3.12. The maximum Gasteiger partial charge on any atom is 0.144 e. The van der Waals surface area contributed by atoms with Gasteiger partial charge in [0, 0.05) is 39.8 Å². The van der Waals surface area contributed by atoms with Crippen LogP contribution < -0.4 is 9.64 Å². The number of ether oxygens (including phenoxy) is 1. The Kier molecular flexibility index (Phi) is 3.91. The van der Waals surface area contributed by atoms with Gasteiger partial charge in [-0.25, -0.2) is 9.67 Å². The molecule has 0 saturated heterocycles. The van der Waals surface area contributed by atoms with E-state index < -0.39 is 0 Å². The highest BCUT2D eigenvalue weighted by Gasteiger charge is 2.26. The number of methoxy groups -OCH3 is 1. The molecule has 0 spiro atoms. The van der Waals surface area contributed by atoms with Gasteiger partial charge in [-0.3, -0.25) is 0 Å². The van der Waals surface area contributed by atoms with Crippen LogP contribution in [0.2, 0.25) is 0 Å². The molecule has 0 unspecified atom stereocenters. The Balaban J connectivity index is 1.79. The lowest BCUT2D eigenvalue weighted by Gasteiger charge is -2.22. The molecule has 1 aliphatic heterocycles. The maximum absolute atomic E-state index is 5.66. The van der Waals surface area contributed by atoms with E-state index in [4.69, 9.17) is 9.72 Å². The molecular formula is C18H17IN4O. The van der Waals surface area contributed by atoms with E-state index in [2.05, 4.69) is 50.8 Å². The number of halogens is 1. The van der Waals surface area contributed by atoms with E-state index in [1.807, 2.05) is 29.9 Å². The molecule has 5 nitrogen and oxygen atoms in total. The predicted molar refractivity (Wildman–Crippen MR) is 103 cm³/mol. The van der Waals surface area contributed by atoms with E-state index in [-0.39, 0.29) is 0 Å². The van der Waals surface area contributed by atoms with Crippen LogP contribution in [-0.2, 0) is 6.42 Å². The molecule has 1 aliphatic rings. The first-order valence-electron chi connectivity index (χ1n) is 7.79. The first-order chi connectivity index (χ1) is 11.7. The van der Waals surface area contributed by atoms with Gasteiger partial charge in [-0.15, -0.1) is 0 Å². The van der Waals surface area contributed by atoms with E-state index in [1.54, 1.807) is 13.3 Å². The van der Waals surface area contributed by atoms with Gasteiger partial charge >= 0.3 is 0 Å². The van der Waals surface area contributed by atoms with Crippen molar-refractivity contribution >= 4 is 34.1 Å². The molecule has 3 heterocycles. The lowest BCUT2D eigenvalue weighted by Crippen LogP contribution is -2.16. The molecule has 0 aliphatic carbocycles. The van der Waals surface area contributed by atoms with Crippen molar-refractivity contribution in [3.63, 3.8) is 0 Å². The zero-order valence-electron chi connectivity index (χ0n) is 13.5. The van der Waals surface area contributed by atoms with Crippen molar-refractivity contribution < 1.29 is 4.74 Å². The van der Waals surface area contributed by atoms with Gasteiger partial charge in [0.2, 0.25) is 0 Å². The highest BCUT2D eigenvalue weighted by molar-refractivity contribution is 14.1. The number of aromatic nitrogens is 3. The second-order valence-electron chi connectivity index (χ2n) is 5.76. The summed E-state index contributed by atoms with van der Waals surface area (Å²) in [7, 11) is 1.70. The van der Waals surface area contributed by atoms with Crippen LogP contribution in [-0.4, -0.2) is 28.4 Å². The summed E-state index contributed by atoms with van der Waals surface area (Å²) < 4.78 is 8.77. The fourth-order valence-corrected chi connectivity index (χ4v) is 4.08. The third-order valence-electron chi connectivity index (χ3n) is 4.24. The Bertz CT molecular complexity index is 892. The minimum atomic E-state index is 0.828. The summed E-state index contributed by atoms with van der Waals surface area (Å²) in [5.41, 5.74) is 4.38. The van der Waals surface area contributed by atoms with Gasteiger partial charge in [-0.05, 0) is 60.2 Å². The molecule has 0 amide bonds. The molecule has 4 rings (SSSR count). The first-order valence-corrected chi connectivity index (χ1v) is 8.87. The molecule has 0 saturated carbocycles. The third-order valence-corrected chi connectivity index (χ3v) is 5.20. The number of pyridine rings is 1. The quantitative estimate of drug-likeness (QED) is 0.590. The van der Waals surface area contributed by atoms with Crippen LogP contribution in [0, 0.1) is 10.5 Å². The number of nitrogens with zero attached hydrogens (tertiary/aromatic N) is 4. The minimum Gasteiger partial charge on any atom is -0.494 e. The van der Waals surface area contributed by atoms with Gasteiger partial charge in [-0.2, -0.15) is 5.10 Å². The van der Waals surface area contributed by atoms with Crippen molar-refractivity contribution in [3.8, 4) is 11.4 Å². The highest BCUT2D eigenvalue weighted by atomic mass is 127. The highest BCUT2D eigenvalue weighted by Crippen LogP contribution is 2.40. The molecule has 2 aromatic heterocycles. The van der Waals surface area contributed by atoms with Gasteiger partial charge < -0.3 is 9.64 Å². The molecular weight excluding hydrogens is 415 g/mol. The monoisotopic (exact) mass is 432 g/mol. The number of hydrogen-bond acceptors (Lipinski definition) is 4. The number of anilines is 2. The second-order valence-corrected chi connectivity index (χ2v) is 6.92. The normalized spacial score (nSPS) is 13.2. The summed E-state index contributed by atoms with van der Waals surface area (Å²) >= 11 is 2.40. The van der Waals surface area contributed by atoms with E-state index in [0.717, 1.165) is 41.6 Å². The van der Waals surface area contributed by atoms with E-state index in [1.165, 1.54) is 9.13 Å². The van der Waals surface area contributed by atoms with Crippen molar-refractivity contribution in [2.24, 2.45) is 0 Å². The molecule has 0 bridgehead atoms. The van der Waals surface area contributed by atoms with Crippen LogP contribution in [0.4, 0.5) is 11.5 Å². The van der Waals surface area contributed by atoms with E-state index in [9.17, 15) is 0 Å². The Morgan fingerprint density at radius 2 is 2.12 bits per heavy atom. The SMILES string of the molecule is COc1cc(-n2cccn2)ccc1N1CCc2c(I)cc(C)nc21. The number of hydrogen-bond donors (Lipinski definition) is 0. The van der Waals surface area contributed by atoms with Crippen molar-refractivity contribution in [1.82, 2.24) is 14.8 Å². The average Bonchev–Trinajstić information content (AvgIpc) is 3.24. The van der Waals surface area contributed by atoms with E-state index in [0.29, 0.717) is 0 Å². The van der Waals surface area contributed by atoms with Crippen LogP contribution in [0.15, 0.2) is 42.7 Å². The summed E-state index contributed by atoms with van der Waals surface area (Å²) in [5.74, 6) is 1.87. The largest absolute Gasteiger partial charge is 0.494 e. The second kappa shape index (κ2) is 6.08. The lowest BCUT2D eigenvalue weighted by atomic mass is 10.2. The topological polar surface area (TPSA) is 43.2 Å². The van der Waals surface area contributed by atoms with Gasteiger partial charge in [-0.1, -0.05) is 0 Å². The van der Waals surface area contributed by atoms with Gasteiger partial charge in [0.05, 0.1) is 18.5 Å². The van der Waals surface area contributed by atoms with Gasteiger partial charge in [0.15, 0.2) is 0 Å². The average molecular weight is 432 g/mol. The number of aryl methyl sites for hydroxylation is 1. The smallest absolute Gasteiger partial charge is 0.144 e. The van der Waals surface area contributed by atoms with Crippen molar-refractivity contribution in [2.75, 3.05) is 18.6 Å². The summed E-state index contributed by atoms with van der Waals surface area (Å²) in [4.78, 5) is 7.01. The van der Waals surface area contributed by atoms with Crippen LogP contribution in [0.1, 0.15) is 11.3 Å². The van der Waals surface area contributed by atoms with Crippen LogP contribution in [0.3, 0.4) is 0 Å². The Morgan fingerprint density at radius 3 is 2.88 bits per heavy atom. The zero-order chi connectivity index (χ0) is 16.7. The van der Waals surface area contributed by atoms with Crippen LogP contribution >= 0.6 is 22.6 Å². The van der Waals surface area contributed by atoms with Gasteiger partial charge in [0.1, 0.15) is 11.6 Å². The third kappa shape index (κ3) is 2.54. The summed E-state index contributed by atoms with van der Waals surface area (Å²) in [6.07, 6.45) is 4.70. The summed E-state index contributed by atoms with van der Waals surface area (Å²) in [6, 6.07) is 10.2. The first kappa shape index (κ1) is 15.4. The standard InChI is InChI=1S/C18H17IN4O/c1-12-10-15(19)14-6-9-22(18(14)21-12)16-5-4-13(11-17(16)24-2)23-8-3-7-20-23/h3-5,7-8,10-11H,6,9H2,1-2H3. The lowest BCUT2D eigenvalue weighted by molar-refractivity contribution is 0.415. The maximum atomic E-state index is 5.66. The molecule has 122 valence electrons. The van der Waals surface area contributed by atoms with Crippen molar-refractivity contribution in [1.29, 1.82) is 0 Å². The molecule has 3 aromatic rings. The zero-order valence-corrected chi connectivity index (χ0v) is 15.7. The van der Waals surface area contributed by atoms with Gasteiger partial charge in [0.25, 0.3) is 0 Å². The summed E-state index contributed by atoms with van der Waals surface area (Å²) in [5, 5.41) is 4.28. The van der Waals surface area contributed by atoms with Crippen LogP contribution in [0.5, 0.6) is 5.75 Å². The van der Waals surface area contributed by atoms with Crippen molar-refractivity contribution in [2.45, 2.75) is 13.3 Å². The minimum absolute atomic E-state index is 0.828. The molecule has 24 heavy (non-hydrogen) atoms. The predicted octanol–water partition coefficient (Wildman–Crippen LogP) is 3.88. The molecule has 0 radical (unpaired) electrons. The number of rotatable bonds is 3. The summed E-state index contributed by atoms with van der Waals surface area (Å²) in [6.45, 7) is 2.95. The fraction of sp³-hybridized carbons (Fsp3) is 0.222.